The monoisotopic (exact) mass is 234 g/mol. The summed E-state index contributed by atoms with van der Waals surface area (Å²) in [6.07, 6.45) is 3.47. The van der Waals surface area contributed by atoms with E-state index < -0.39 is 0 Å². The van der Waals surface area contributed by atoms with Crippen LogP contribution in [-0.4, -0.2) is 26.3 Å². The Morgan fingerprint density at radius 2 is 2.24 bits per heavy atom. The predicted molar refractivity (Wildman–Crippen MR) is 72.5 cm³/mol. The largest absolute Gasteiger partial charge is 0.399 e. The summed E-state index contributed by atoms with van der Waals surface area (Å²) in [5, 5.41) is 0. The Balaban J connectivity index is 1.81. The molecule has 0 spiro atoms. The fourth-order valence-electron chi connectivity index (χ4n) is 2.25. The first-order valence-electron chi connectivity index (χ1n) is 6.52. The van der Waals surface area contributed by atoms with Crippen LogP contribution in [-0.2, 0) is 11.2 Å². The van der Waals surface area contributed by atoms with Crippen molar-refractivity contribution < 1.29 is 4.74 Å². The van der Waals surface area contributed by atoms with Gasteiger partial charge in [-0.15, -0.1) is 0 Å². The molecule has 1 aliphatic rings. The summed E-state index contributed by atoms with van der Waals surface area (Å²) in [4.78, 5) is 2.39. The fraction of sp³-hybridized carbons (Fsp3) is 0.571. The van der Waals surface area contributed by atoms with E-state index in [0.717, 1.165) is 44.8 Å². The molecule has 1 heterocycles. The Bertz CT molecular complexity index is 365. The quantitative estimate of drug-likeness (QED) is 0.607. The van der Waals surface area contributed by atoms with Gasteiger partial charge >= 0.3 is 0 Å². The van der Waals surface area contributed by atoms with E-state index in [-0.39, 0.29) is 0 Å². The van der Waals surface area contributed by atoms with E-state index in [1.54, 1.807) is 0 Å². The lowest BCUT2D eigenvalue weighted by atomic mass is 10.1. The van der Waals surface area contributed by atoms with Gasteiger partial charge in [0.25, 0.3) is 0 Å². The summed E-state index contributed by atoms with van der Waals surface area (Å²) >= 11 is 0. The van der Waals surface area contributed by atoms with Crippen molar-refractivity contribution in [3.63, 3.8) is 0 Å². The van der Waals surface area contributed by atoms with Gasteiger partial charge in [0.2, 0.25) is 0 Å². The molecule has 0 saturated heterocycles. The normalized spacial score (nSPS) is 14.1. The lowest BCUT2D eigenvalue weighted by Crippen LogP contribution is -2.25. The number of nitrogen functional groups attached to an aromatic ring is 1. The Kier molecular flexibility index (Phi) is 4.26. The smallest absolute Gasteiger partial charge is 0.0641 e. The molecule has 3 heteroatoms. The molecule has 0 unspecified atom stereocenters. The first kappa shape index (κ1) is 12.2. The number of nitrogens with zero attached hydrogens (tertiary/aromatic N) is 1. The third-order valence-electron chi connectivity index (χ3n) is 3.24. The number of anilines is 2. The number of unbranched alkanes of at least 4 members (excludes halogenated alkanes) is 1. The molecule has 0 saturated carbocycles. The van der Waals surface area contributed by atoms with Crippen LogP contribution in [0.4, 0.5) is 11.4 Å². The predicted octanol–water partition coefficient (Wildman–Crippen LogP) is 2.45. The van der Waals surface area contributed by atoms with Gasteiger partial charge in [-0.05, 0) is 36.6 Å². The van der Waals surface area contributed by atoms with Crippen LogP contribution in [0.25, 0.3) is 0 Å². The molecule has 0 amide bonds. The van der Waals surface area contributed by atoms with E-state index >= 15 is 0 Å². The average molecular weight is 234 g/mol. The van der Waals surface area contributed by atoms with Crippen molar-refractivity contribution in [3.05, 3.63) is 23.8 Å². The van der Waals surface area contributed by atoms with Crippen LogP contribution in [0, 0.1) is 0 Å². The molecule has 1 aromatic rings. The van der Waals surface area contributed by atoms with Gasteiger partial charge in [-0.1, -0.05) is 13.3 Å². The minimum absolute atomic E-state index is 0.823. The molecule has 1 aromatic carbocycles. The second kappa shape index (κ2) is 5.92. The van der Waals surface area contributed by atoms with Gasteiger partial charge in [-0.2, -0.15) is 0 Å². The van der Waals surface area contributed by atoms with Gasteiger partial charge < -0.3 is 15.4 Å². The van der Waals surface area contributed by atoms with Crippen molar-refractivity contribution in [1.29, 1.82) is 0 Å². The average Bonchev–Trinajstić information content (AvgIpc) is 2.71. The Hall–Kier alpha value is -1.22. The van der Waals surface area contributed by atoms with Crippen molar-refractivity contribution in [2.75, 3.05) is 36.9 Å². The summed E-state index contributed by atoms with van der Waals surface area (Å²) in [6.45, 7) is 5.98. The zero-order chi connectivity index (χ0) is 12.1. The molecule has 94 valence electrons. The number of benzene rings is 1. The molecule has 1 aliphatic heterocycles. The maximum Gasteiger partial charge on any atom is 0.0641 e. The van der Waals surface area contributed by atoms with Crippen molar-refractivity contribution in [2.45, 2.75) is 26.2 Å². The van der Waals surface area contributed by atoms with Gasteiger partial charge in [-0.3, -0.25) is 0 Å². The minimum Gasteiger partial charge on any atom is -0.399 e. The van der Waals surface area contributed by atoms with Gasteiger partial charge in [0.15, 0.2) is 0 Å². The van der Waals surface area contributed by atoms with Crippen LogP contribution in [0.1, 0.15) is 25.3 Å². The second-order valence-electron chi connectivity index (χ2n) is 4.59. The standard InChI is InChI=1S/C14H22N2O/c1-2-3-9-17-10-8-16-7-6-12-11-13(15)4-5-14(12)16/h4-5,11H,2-3,6-10,15H2,1H3. The molecule has 0 fully saturated rings. The topological polar surface area (TPSA) is 38.5 Å². The first-order chi connectivity index (χ1) is 8.31. The summed E-state index contributed by atoms with van der Waals surface area (Å²) < 4.78 is 5.61. The molecule has 0 aromatic heterocycles. The van der Waals surface area contributed by atoms with Crippen molar-refractivity contribution in [1.82, 2.24) is 0 Å². The Morgan fingerprint density at radius 3 is 3.06 bits per heavy atom. The van der Waals surface area contributed by atoms with E-state index in [2.05, 4.69) is 24.0 Å². The van der Waals surface area contributed by atoms with Crippen molar-refractivity contribution in [3.8, 4) is 0 Å². The highest BCUT2D eigenvalue weighted by atomic mass is 16.5. The van der Waals surface area contributed by atoms with E-state index in [4.69, 9.17) is 10.5 Å². The zero-order valence-corrected chi connectivity index (χ0v) is 10.6. The third kappa shape index (κ3) is 3.13. The molecular formula is C14H22N2O. The summed E-state index contributed by atoms with van der Waals surface area (Å²) in [6, 6.07) is 6.20. The molecule has 0 radical (unpaired) electrons. The van der Waals surface area contributed by atoms with Crippen LogP contribution >= 0.6 is 0 Å². The highest BCUT2D eigenvalue weighted by Gasteiger charge is 2.18. The van der Waals surface area contributed by atoms with E-state index in [0.29, 0.717) is 0 Å². The molecule has 2 N–H and O–H groups in total. The van der Waals surface area contributed by atoms with Crippen LogP contribution in [0.5, 0.6) is 0 Å². The number of hydrogen-bond acceptors (Lipinski definition) is 3. The Labute approximate surface area is 104 Å². The van der Waals surface area contributed by atoms with E-state index in [1.807, 2.05) is 6.07 Å². The minimum atomic E-state index is 0.823. The van der Waals surface area contributed by atoms with Gasteiger partial charge in [0.1, 0.15) is 0 Å². The number of rotatable bonds is 6. The molecule has 0 atom stereocenters. The van der Waals surface area contributed by atoms with Crippen LogP contribution in [0.3, 0.4) is 0 Å². The number of hydrogen-bond donors (Lipinski definition) is 1. The molecule has 17 heavy (non-hydrogen) atoms. The lowest BCUT2D eigenvalue weighted by molar-refractivity contribution is 0.137. The lowest BCUT2D eigenvalue weighted by Gasteiger charge is -2.19. The highest BCUT2D eigenvalue weighted by molar-refractivity contribution is 5.62. The number of ether oxygens (including phenoxy) is 1. The fourth-order valence-corrected chi connectivity index (χ4v) is 2.25. The zero-order valence-electron chi connectivity index (χ0n) is 10.6. The van der Waals surface area contributed by atoms with Crippen LogP contribution in [0.15, 0.2) is 18.2 Å². The molecule has 0 aliphatic carbocycles. The van der Waals surface area contributed by atoms with Gasteiger partial charge in [0, 0.05) is 31.1 Å². The maximum atomic E-state index is 5.79. The van der Waals surface area contributed by atoms with Gasteiger partial charge in [-0.25, -0.2) is 0 Å². The maximum absolute atomic E-state index is 5.79. The van der Waals surface area contributed by atoms with Gasteiger partial charge in [0.05, 0.1) is 6.61 Å². The second-order valence-corrected chi connectivity index (χ2v) is 4.59. The van der Waals surface area contributed by atoms with Crippen molar-refractivity contribution >= 4 is 11.4 Å². The first-order valence-corrected chi connectivity index (χ1v) is 6.52. The molecule has 3 nitrogen and oxygen atoms in total. The Morgan fingerprint density at radius 1 is 1.35 bits per heavy atom. The van der Waals surface area contributed by atoms with E-state index in [1.165, 1.54) is 17.7 Å². The van der Waals surface area contributed by atoms with Crippen LogP contribution in [0.2, 0.25) is 0 Å². The molecular weight excluding hydrogens is 212 g/mol. The van der Waals surface area contributed by atoms with Crippen molar-refractivity contribution in [2.24, 2.45) is 0 Å². The van der Waals surface area contributed by atoms with Crippen LogP contribution < -0.4 is 10.6 Å². The third-order valence-corrected chi connectivity index (χ3v) is 3.24. The number of nitrogens with two attached hydrogens (primary N) is 1. The summed E-state index contributed by atoms with van der Waals surface area (Å²) in [7, 11) is 0. The molecule has 0 bridgehead atoms. The summed E-state index contributed by atoms with van der Waals surface area (Å²) in [5.74, 6) is 0. The number of fused-ring (bicyclic) bond motifs is 1. The summed E-state index contributed by atoms with van der Waals surface area (Å²) in [5.41, 5.74) is 9.36. The molecule has 2 rings (SSSR count). The highest BCUT2D eigenvalue weighted by Crippen LogP contribution is 2.29. The SMILES string of the molecule is CCCCOCCN1CCc2cc(N)ccc21. The van der Waals surface area contributed by atoms with E-state index in [9.17, 15) is 0 Å².